The minimum absolute atomic E-state index is 0.189. The smallest absolute Gasteiger partial charge is 0.230 e. The molecule has 0 aromatic carbocycles. The van der Waals surface area contributed by atoms with E-state index >= 15 is 0 Å². The summed E-state index contributed by atoms with van der Waals surface area (Å²) in [6.45, 7) is 7.78. The second-order valence-electron chi connectivity index (χ2n) is 7.42. The maximum atomic E-state index is 12.7. The molecule has 1 aliphatic rings. The molecule has 2 rings (SSSR count). The van der Waals surface area contributed by atoms with E-state index in [0.717, 1.165) is 49.4 Å². The van der Waals surface area contributed by atoms with Gasteiger partial charge in [0.1, 0.15) is 5.76 Å². The summed E-state index contributed by atoms with van der Waals surface area (Å²) in [5, 5.41) is 6.63. The van der Waals surface area contributed by atoms with Crippen molar-refractivity contribution < 1.29 is 9.21 Å². The van der Waals surface area contributed by atoms with E-state index in [1.54, 1.807) is 11.2 Å². The zero-order valence-electron chi connectivity index (χ0n) is 16.3. The van der Waals surface area contributed by atoms with Gasteiger partial charge in [-0.1, -0.05) is 25.0 Å². The predicted octanol–water partition coefficient (Wildman–Crippen LogP) is 2.58. The molecule has 0 radical (unpaired) electrons. The fraction of sp³-hybridized carbons (Fsp3) is 0.600. The Morgan fingerprint density at radius 3 is 2.65 bits per heavy atom. The average molecular weight is 361 g/mol. The molecule has 1 aliphatic carbocycles. The standard InChI is InChI=1S/C20H32N4O2/c1-16(2)14-22-19(21-12-9-17-8-7-13-26-17)23-15-20(10-5-6-11-20)18(25)24(3)4/h7-8,13H,1,5-6,9-12,14-15H2,2-4H3,(H2,21,22,23). The van der Waals surface area contributed by atoms with Crippen LogP contribution in [-0.2, 0) is 11.2 Å². The number of nitrogens with one attached hydrogen (secondary N) is 2. The Kier molecular flexibility index (Phi) is 7.30. The molecule has 0 unspecified atom stereocenters. The molecule has 0 atom stereocenters. The molecule has 0 aliphatic heterocycles. The van der Waals surface area contributed by atoms with Gasteiger partial charge in [0.05, 0.1) is 18.2 Å². The highest BCUT2D eigenvalue weighted by Crippen LogP contribution is 2.39. The van der Waals surface area contributed by atoms with Gasteiger partial charge in [0.15, 0.2) is 5.96 Å². The molecule has 0 spiro atoms. The number of carbonyl (C=O) groups is 1. The van der Waals surface area contributed by atoms with Gasteiger partial charge in [-0.25, -0.2) is 0 Å². The van der Waals surface area contributed by atoms with E-state index in [1.807, 2.05) is 33.2 Å². The molecule has 0 bridgehead atoms. The van der Waals surface area contributed by atoms with Crippen LogP contribution in [0.2, 0.25) is 0 Å². The predicted molar refractivity (Wildman–Crippen MR) is 105 cm³/mol. The Hall–Kier alpha value is -2.24. The first-order valence-corrected chi connectivity index (χ1v) is 9.34. The molecule has 6 heteroatoms. The number of nitrogens with zero attached hydrogens (tertiary/aromatic N) is 2. The van der Waals surface area contributed by atoms with Crippen molar-refractivity contribution >= 4 is 11.9 Å². The quantitative estimate of drug-likeness (QED) is 0.425. The van der Waals surface area contributed by atoms with Crippen LogP contribution in [-0.4, -0.2) is 50.5 Å². The number of carbonyl (C=O) groups excluding carboxylic acids is 1. The van der Waals surface area contributed by atoms with E-state index < -0.39 is 0 Å². The van der Waals surface area contributed by atoms with Gasteiger partial charge in [-0.15, -0.1) is 0 Å². The first-order valence-electron chi connectivity index (χ1n) is 9.34. The van der Waals surface area contributed by atoms with E-state index in [0.29, 0.717) is 19.6 Å². The average Bonchev–Trinajstić information content (AvgIpc) is 3.28. The summed E-state index contributed by atoms with van der Waals surface area (Å²) in [5.41, 5.74) is 0.674. The fourth-order valence-electron chi connectivity index (χ4n) is 3.36. The summed E-state index contributed by atoms with van der Waals surface area (Å²) >= 11 is 0. The normalized spacial score (nSPS) is 16.3. The van der Waals surface area contributed by atoms with Gasteiger partial charge in [0.25, 0.3) is 0 Å². The first-order chi connectivity index (χ1) is 12.4. The Bertz CT molecular complexity index is 614. The Morgan fingerprint density at radius 1 is 1.35 bits per heavy atom. The number of rotatable bonds is 8. The molecule has 1 amide bonds. The van der Waals surface area contributed by atoms with E-state index in [2.05, 4.69) is 17.2 Å². The van der Waals surface area contributed by atoms with Crippen LogP contribution >= 0.6 is 0 Å². The van der Waals surface area contributed by atoms with Crippen molar-refractivity contribution in [1.29, 1.82) is 0 Å². The summed E-state index contributed by atoms with van der Waals surface area (Å²) in [7, 11) is 3.65. The van der Waals surface area contributed by atoms with Crippen molar-refractivity contribution in [2.75, 3.05) is 33.7 Å². The van der Waals surface area contributed by atoms with Crippen LogP contribution < -0.4 is 10.6 Å². The molecule has 1 fully saturated rings. The highest BCUT2D eigenvalue weighted by atomic mass is 16.3. The molecular weight excluding hydrogens is 328 g/mol. The minimum atomic E-state index is -0.359. The Balaban J connectivity index is 2.01. The van der Waals surface area contributed by atoms with Crippen molar-refractivity contribution in [3.63, 3.8) is 0 Å². The maximum absolute atomic E-state index is 12.7. The lowest BCUT2D eigenvalue weighted by Gasteiger charge is -2.29. The van der Waals surface area contributed by atoms with Crippen LogP contribution in [0.25, 0.3) is 0 Å². The van der Waals surface area contributed by atoms with Crippen LogP contribution in [0.1, 0.15) is 38.4 Å². The zero-order chi connectivity index (χ0) is 19.0. The second kappa shape index (κ2) is 9.46. The van der Waals surface area contributed by atoms with Gasteiger partial charge >= 0.3 is 0 Å². The second-order valence-corrected chi connectivity index (χ2v) is 7.42. The van der Waals surface area contributed by atoms with Gasteiger partial charge in [-0.3, -0.25) is 9.79 Å². The number of guanidine groups is 1. The molecule has 2 N–H and O–H groups in total. The number of hydrogen-bond donors (Lipinski definition) is 2. The Morgan fingerprint density at radius 2 is 2.08 bits per heavy atom. The fourth-order valence-corrected chi connectivity index (χ4v) is 3.36. The van der Waals surface area contributed by atoms with Crippen LogP contribution in [0.3, 0.4) is 0 Å². The van der Waals surface area contributed by atoms with Crippen LogP contribution in [0.15, 0.2) is 40.0 Å². The third kappa shape index (κ3) is 5.64. The molecule has 1 aromatic heterocycles. The number of aliphatic imine (C=N–C) groups is 1. The molecule has 6 nitrogen and oxygen atoms in total. The van der Waals surface area contributed by atoms with E-state index in [4.69, 9.17) is 9.41 Å². The largest absolute Gasteiger partial charge is 0.469 e. The van der Waals surface area contributed by atoms with Gasteiger partial charge in [-0.05, 0) is 31.9 Å². The molecule has 144 valence electrons. The van der Waals surface area contributed by atoms with E-state index in [-0.39, 0.29) is 11.3 Å². The van der Waals surface area contributed by atoms with Crippen molar-refractivity contribution in [3.8, 4) is 0 Å². The third-order valence-electron chi connectivity index (χ3n) is 4.76. The lowest BCUT2D eigenvalue weighted by Crippen LogP contribution is -2.43. The Labute approximate surface area is 156 Å². The van der Waals surface area contributed by atoms with Gasteiger partial charge < -0.3 is 20.0 Å². The van der Waals surface area contributed by atoms with Crippen LogP contribution in [0.5, 0.6) is 0 Å². The van der Waals surface area contributed by atoms with Gasteiger partial charge in [0, 0.05) is 33.6 Å². The van der Waals surface area contributed by atoms with Crippen molar-refractivity contribution in [2.45, 2.75) is 39.0 Å². The molecule has 1 heterocycles. The number of furan rings is 1. The molecular formula is C20H32N4O2. The van der Waals surface area contributed by atoms with Crippen LogP contribution in [0, 0.1) is 5.41 Å². The SMILES string of the molecule is C=C(C)CNC(=NCC1(C(=O)N(C)C)CCCC1)NCCc1ccco1. The third-order valence-corrected chi connectivity index (χ3v) is 4.76. The van der Waals surface area contributed by atoms with Crippen LogP contribution in [0.4, 0.5) is 0 Å². The topological polar surface area (TPSA) is 69.9 Å². The lowest BCUT2D eigenvalue weighted by atomic mass is 9.85. The number of amides is 1. The molecule has 26 heavy (non-hydrogen) atoms. The monoisotopic (exact) mass is 360 g/mol. The van der Waals surface area contributed by atoms with E-state index in [1.165, 1.54) is 0 Å². The molecule has 1 aromatic rings. The summed E-state index contributed by atoms with van der Waals surface area (Å²) in [6.07, 6.45) is 6.47. The maximum Gasteiger partial charge on any atom is 0.230 e. The summed E-state index contributed by atoms with van der Waals surface area (Å²) < 4.78 is 5.36. The summed E-state index contributed by atoms with van der Waals surface area (Å²) in [4.78, 5) is 19.2. The lowest BCUT2D eigenvalue weighted by molar-refractivity contribution is -0.138. The highest BCUT2D eigenvalue weighted by molar-refractivity contribution is 5.84. The van der Waals surface area contributed by atoms with Crippen molar-refractivity contribution in [1.82, 2.24) is 15.5 Å². The van der Waals surface area contributed by atoms with Gasteiger partial charge in [0.2, 0.25) is 5.91 Å². The van der Waals surface area contributed by atoms with Crippen molar-refractivity contribution in [3.05, 3.63) is 36.3 Å². The van der Waals surface area contributed by atoms with Crippen molar-refractivity contribution in [2.24, 2.45) is 10.4 Å². The zero-order valence-corrected chi connectivity index (χ0v) is 16.3. The minimum Gasteiger partial charge on any atom is -0.469 e. The van der Waals surface area contributed by atoms with E-state index in [9.17, 15) is 4.79 Å². The molecule has 1 saturated carbocycles. The summed E-state index contributed by atoms with van der Waals surface area (Å²) in [6, 6.07) is 3.85. The number of hydrogen-bond acceptors (Lipinski definition) is 3. The molecule has 0 saturated heterocycles. The summed E-state index contributed by atoms with van der Waals surface area (Å²) in [5.74, 6) is 1.85. The van der Waals surface area contributed by atoms with Gasteiger partial charge in [-0.2, -0.15) is 0 Å². The highest BCUT2D eigenvalue weighted by Gasteiger charge is 2.42. The first kappa shape index (κ1) is 20.1.